The van der Waals surface area contributed by atoms with Crippen LogP contribution in [0.4, 0.5) is 0 Å². The highest BCUT2D eigenvalue weighted by atomic mass is 35.5. The van der Waals surface area contributed by atoms with Gasteiger partial charge in [-0.15, -0.1) is 18.2 Å². The Morgan fingerprint density at radius 1 is 1.89 bits per heavy atom. The number of hydrogen-bond donors (Lipinski definition) is 0. The molecule has 0 aromatic rings. The average Bonchev–Trinajstić information content (AvgIpc) is 1.82. The lowest BCUT2D eigenvalue weighted by atomic mass is 10.2. The van der Waals surface area contributed by atoms with Gasteiger partial charge in [0.1, 0.15) is 0 Å². The van der Waals surface area contributed by atoms with Gasteiger partial charge in [0.25, 0.3) is 0 Å². The molecule has 0 radical (unpaired) electrons. The van der Waals surface area contributed by atoms with Gasteiger partial charge in [-0.25, -0.2) is 0 Å². The van der Waals surface area contributed by atoms with Gasteiger partial charge >= 0.3 is 0 Å². The molecule has 0 bridgehead atoms. The summed E-state index contributed by atoms with van der Waals surface area (Å²) < 4.78 is 0. The first-order valence-electron chi connectivity index (χ1n) is 2.96. The predicted molar refractivity (Wildman–Crippen MR) is 39.8 cm³/mol. The second-order valence-corrected chi connectivity index (χ2v) is 2.56. The second-order valence-electron chi connectivity index (χ2n) is 1.91. The molecule has 0 N–H and O–H groups in total. The summed E-state index contributed by atoms with van der Waals surface area (Å²) in [6.45, 7) is 5.18. The van der Waals surface area contributed by atoms with Crippen molar-refractivity contribution in [2.45, 2.75) is 25.1 Å². The summed E-state index contributed by atoms with van der Waals surface area (Å²) in [4.78, 5) is 10.7. The van der Waals surface area contributed by atoms with Crippen molar-refractivity contribution in [3.63, 3.8) is 0 Å². The van der Waals surface area contributed by atoms with Crippen LogP contribution in [-0.4, -0.2) is 11.2 Å². The zero-order chi connectivity index (χ0) is 7.28. The third-order valence-corrected chi connectivity index (χ3v) is 1.28. The third-order valence-electron chi connectivity index (χ3n) is 1.04. The van der Waals surface area contributed by atoms with E-state index in [9.17, 15) is 4.79 Å². The van der Waals surface area contributed by atoms with Crippen LogP contribution in [0.25, 0.3) is 0 Å². The number of ketones is 1. The molecule has 0 rings (SSSR count). The van der Waals surface area contributed by atoms with E-state index in [0.29, 0.717) is 6.42 Å². The van der Waals surface area contributed by atoms with Gasteiger partial charge in [-0.2, -0.15) is 0 Å². The van der Waals surface area contributed by atoms with Crippen LogP contribution in [-0.2, 0) is 4.79 Å². The number of rotatable bonds is 4. The molecule has 0 aliphatic heterocycles. The number of alkyl halides is 1. The van der Waals surface area contributed by atoms with Crippen molar-refractivity contribution in [1.29, 1.82) is 0 Å². The van der Waals surface area contributed by atoms with E-state index >= 15 is 0 Å². The molecule has 2 heteroatoms. The van der Waals surface area contributed by atoms with Crippen LogP contribution in [0.15, 0.2) is 12.7 Å². The summed E-state index contributed by atoms with van der Waals surface area (Å²) in [7, 11) is 0. The Morgan fingerprint density at radius 3 is 2.78 bits per heavy atom. The van der Waals surface area contributed by atoms with Crippen molar-refractivity contribution < 1.29 is 4.79 Å². The largest absolute Gasteiger partial charge is 0.298 e. The molecule has 0 spiro atoms. The van der Waals surface area contributed by atoms with Gasteiger partial charge in [0.05, 0.1) is 5.38 Å². The first-order chi connectivity index (χ1) is 4.18. The van der Waals surface area contributed by atoms with E-state index in [1.54, 1.807) is 13.0 Å². The molecule has 0 heterocycles. The fourth-order valence-corrected chi connectivity index (χ4v) is 0.552. The van der Waals surface area contributed by atoms with Crippen LogP contribution in [0.2, 0.25) is 0 Å². The summed E-state index contributed by atoms with van der Waals surface area (Å²) in [5.41, 5.74) is 0. The molecule has 0 saturated heterocycles. The molecule has 0 aliphatic carbocycles. The van der Waals surface area contributed by atoms with Crippen LogP contribution in [0.1, 0.15) is 19.8 Å². The van der Waals surface area contributed by atoms with E-state index < -0.39 is 0 Å². The normalized spacial score (nSPS) is 12.7. The molecule has 1 nitrogen and oxygen atoms in total. The zero-order valence-electron chi connectivity index (χ0n) is 5.56. The van der Waals surface area contributed by atoms with Crippen molar-refractivity contribution in [3.05, 3.63) is 12.7 Å². The minimum atomic E-state index is -0.343. The Balaban J connectivity index is 3.38. The lowest BCUT2D eigenvalue weighted by Gasteiger charge is -1.97. The molecular formula is C7H11ClO. The smallest absolute Gasteiger partial charge is 0.150 e. The van der Waals surface area contributed by atoms with Crippen molar-refractivity contribution in [1.82, 2.24) is 0 Å². The Morgan fingerprint density at radius 2 is 2.44 bits per heavy atom. The topological polar surface area (TPSA) is 17.1 Å². The predicted octanol–water partition coefficient (Wildman–Crippen LogP) is 2.15. The van der Waals surface area contributed by atoms with Crippen molar-refractivity contribution in [3.8, 4) is 0 Å². The number of carbonyl (C=O) groups excluding carboxylic acids is 1. The van der Waals surface area contributed by atoms with E-state index in [2.05, 4.69) is 6.58 Å². The van der Waals surface area contributed by atoms with Crippen molar-refractivity contribution >= 4 is 17.4 Å². The molecule has 0 aromatic heterocycles. The Labute approximate surface area is 60.7 Å². The van der Waals surface area contributed by atoms with E-state index in [1.807, 2.05) is 0 Å². The van der Waals surface area contributed by atoms with E-state index in [1.165, 1.54) is 0 Å². The number of halogens is 1. The molecule has 0 aromatic carbocycles. The maximum absolute atomic E-state index is 10.7. The highest BCUT2D eigenvalue weighted by Crippen LogP contribution is 2.01. The van der Waals surface area contributed by atoms with Gasteiger partial charge in [0.2, 0.25) is 0 Å². The monoisotopic (exact) mass is 146 g/mol. The van der Waals surface area contributed by atoms with E-state index in [-0.39, 0.29) is 11.2 Å². The summed E-state index contributed by atoms with van der Waals surface area (Å²) in [5, 5.41) is -0.343. The number of carbonyl (C=O) groups is 1. The van der Waals surface area contributed by atoms with Crippen LogP contribution in [0.5, 0.6) is 0 Å². The quantitative estimate of drug-likeness (QED) is 0.439. The maximum Gasteiger partial charge on any atom is 0.150 e. The van der Waals surface area contributed by atoms with Crippen molar-refractivity contribution in [2.24, 2.45) is 0 Å². The first kappa shape index (κ1) is 8.70. The SMILES string of the molecule is C=CCCC(=O)C(C)Cl. The zero-order valence-corrected chi connectivity index (χ0v) is 6.32. The molecule has 52 valence electrons. The Hall–Kier alpha value is -0.300. The lowest BCUT2D eigenvalue weighted by molar-refractivity contribution is -0.118. The van der Waals surface area contributed by atoms with Crippen LogP contribution in [0.3, 0.4) is 0 Å². The molecule has 1 unspecified atom stereocenters. The molecule has 9 heavy (non-hydrogen) atoms. The van der Waals surface area contributed by atoms with Gasteiger partial charge in [0.15, 0.2) is 5.78 Å². The lowest BCUT2D eigenvalue weighted by Crippen LogP contribution is -2.08. The molecular weight excluding hydrogens is 136 g/mol. The van der Waals surface area contributed by atoms with Crippen LogP contribution >= 0.6 is 11.6 Å². The Kier molecular flexibility index (Phi) is 4.41. The third kappa shape index (κ3) is 4.22. The van der Waals surface area contributed by atoms with E-state index in [4.69, 9.17) is 11.6 Å². The summed E-state index contributed by atoms with van der Waals surface area (Å²) in [6, 6.07) is 0. The van der Waals surface area contributed by atoms with Crippen LogP contribution < -0.4 is 0 Å². The van der Waals surface area contributed by atoms with Gasteiger partial charge < -0.3 is 0 Å². The standard InChI is InChI=1S/C7H11ClO/c1-3-4-5-7(9)6(2)8/h3,6H,1,4-5H2,2H3. The summed E-state index contributed by atoms with van der Waals surface area (Å²) in [5.74, 6) is 0.0940. The van der Waals surface area contributed by atoms with Gasteiger partial charge in [-0.05, 0) is 13.3 Å². The molecule has 0 aliphatic rings. The highest BCUT2D eigenvalue weighted by molar-refractivity contribution is 6.30. The molecule has 0 amide bonds. The van der Waals surface area contributed by atoms with Gasteiger partial charge in [-0.3, -0.25) is 4.79 Å². The fraction of sp³-hybridized carbons (Fsp3) is 0.571. The van der Waals surface area contributed by atoms with E-state index in [0.717, 1.165) is 6.42 Å². The number of hydrogen-bond acceptors (Lipinski definition) is 1. The average molecular weight is 147 g/mol. The molecule has 0 saturated carbocycles. The number of allylic oxidation sites excluding steroid dienone is 1. The second kappa shape index (κ2) is 4.57. The fourth-order valence-electron chi connectivity index (χ4n) is 0.443. The first-order valence-corrected chi connectivity index (χ1v) is 3.39. The maximum atomic E-state index is 10.7. The highest BCUT2D eigenvalue weighted by Gasteiger charge is 2.06. The molecule has 1 atom stereocenters. The Bertz CT molecular complexity index is 107. The summed E-state index contributed by atoms with van der Waals surface area (Å²) in [6.07, 6.45) is 2.97. The molecule has 0 fully saturated rings. The minimum absolute atomic E-state index is 0.0940. The minimum Gasteiger partial charge on any atom is -0.298 e. The van der Waals surface area contributed by atoms with Gasteiger partial charge in [-0.1, -0.05) is 6.08 Å². The van der Waals surface area contributed by atoms with Gasteiger partial charge in [0, 0.05) is 6.42 Å². The van der Waals surface area contributed by atoms with Crippen molar-refractivity contribution in [2.75, 3.05) is 0 Å². The summed E-state index contributed by atoms with van der Waals surface area (Å²) >= 11 is 5.48. The van der Waals surface area contributed by atoms with Crippen LogP contribution in [0, 0.1) is 0 Å². The number of Topliss-reactive ketones (excluding diaryl/α,β-unsaturated/α-hetero) is 1.